The molecular formula is C23H30FNO2. The Morgan fingerprint density at radius 2 is 1.44 bits per heavy atom. The lowest BCUT2D eigenvalue weighted by Gasteiger charge is -2.31. The van der Waals surface area contributed by atoms with E-state index in [0.717, 1.165) is 31.4 Å². The molecule has 0 radical (unpaired) electrons. The van der Waals surface area contributed by atoms with E-state index in [9.17, 15) is 9.50 Å². The zero-order chi connectivity index (χ0) is 18.9. The molecule has 2 N–H and O–H groups in total. The number of phenolic OH excluding ortho intramolecular Hbond substituents is 1. The van der Waals surface area contributed by atoms with Crippen LogP contribution >= 0.6 is 0 Å². The van der Waals surface area contributed by atoms with Crippen LogP contribution < -0.4 is 10.1 Å². The van der Waals surface area contributed by atoms with Crippen molar-refractivity contribution in [3.8, 4) is 11.5 Å². The standard InChI is InChI=1S/C23H30FNO2/c24-16-17-27-23-14-8-19(9-15-23)5-11-21-3-1-2-20(25-21)10-4-18-6-12-22(26)13-7-18/h6-9,12-15,20-21,25-26H,1-5,10-11,16-17H2. The monoisotopic (exact) mass is 371 g/mol. The average Bonchev–Trinajstić information content (AvgIpc) is 2.71. The lowest BCUT2D eigenvalue weighted by atomic mass is 9.91. The van der Waals surface area contributed by atoms with E-state index in [0.29, 0.717) is 17.8 Å². The zero-order valence-electron chi connectivity index (χ0n) is 15.9. The van der Waals surface area contributed by atoms with Crippen molar-refractivity contribution in [2.45, 2.75) is 57.0 Å². The van der Waals surface area contributed by atoms with Crippen molar-refractivity contribution in [1.29, 1.82) is 0 Å². The normalized spacial score (nSPS) is 19.7. The minimum atomic E-state index is -0.455. The van der Waals surface area contributed by atoms with Gasteiger partial charge in [-0.15, -0.1) is 0 Å². The topological polar surface area (TPSA) is 41.5 Å². The third-order valence-corrected chi connectivity index (χ3v) is 5.35. The largest absolute Gasteiger partial charge is 0.508 e. The highest BCUT2D eigenvalue weighted by molar-refractivity contribution is 5.27. The van der Waals surface area contributed by atoms with Gasteiger partial charge in [-0.2, -0.15) is 0 Å². The van der Waals surface area contributed by atoms with Crippen molar-refractivity contribution in [3.05, 3.63) is 59.7 Å². The van der Waals surface area contributed by atoms with Crippen LogP contribution in [-0.2, 0) is 12.8 Å². The Morgan fingerprint density at radius 3 is 2.00 bits per heavy atom. The zero-order valence-corrected chi connectivity index (χ0v) is 15.9. The van der Waals surface area contributed by atoms with Crippen LogP contribution in [0, 0.1) is 0 Å². The molecule has 1 aliphatic rings. The number of hydrogen-bond acceptors (Lipinski definition) is 3. The summed E-state index contributed by atoms with van der Waals surface area (Å²) < 4.78 is 17.4. The first kappa shape index (κ1) is 19.7. The third-order valence-electron chi connectivity index (χ3n) is 5.35. The van der Waals surface area contributed by atoms with E-state index < -0.39 is 6.67 Å². The summed E-state index contributed by atoms with van der Waals surface area (Å²) in [5, 5.41) is 13.2. The molecule has 2 aromatic carbocycles. The van der Waals surface area contributed by atoms with E-state index in [-0.39, 0.29) is 6.61 Å². The molecule has 2 unspecified atom stereocenters. The Labute approximate surface area is 161 Å². The summed E-state index contributed by atoms with van der Waals surface area (Å²) in [6.07, 6.45) is 8.15. The van der Waals surface area contributed by atoms with Gasteiger partial charge in [0.15, 0.2) is 0 Å². The maximum atomic E-state index is 12.1. The summed E-state index contributed by atoms with van der Waals surface area (Å²) >= 11 is 0. The predicted molar refractivity (Wildman–Crippen MR) is 107 cm³/mol. The summed E-state index contributed by atoms with van der Waals surface area (Å²) in [4.78, 5) is 0. The van der Waals surface area contributed by atoms with Crippen LogP contribution in [-0.4, -0.2) is 30.5 Å². The molecular weight excluding hydrogens is 341 g/mol. The SMILES string of the molecule is Oc1ccc(CCC2CCCC(CCc3ccc(OCCF)cc3)N2)cc1. The van der Waals surface area contributed by atoms with Crippen LogP contribution in [0.4, 0.5) is 4.39 Å². The molecule has 0 aliphatic carbocycles. The number of aromatic hydroxyl groups is 1. The summed E-state index contributed by atoms with van der Waals surface area (Å²) in [6.45, 7) is -0.333. The molecule has 3 nitrogen and oxygen atoms in total. The number of aryl methyl sites for hydroxylation is 2. The number of nitrogens with one attached hydrogen (secondary N) is 1. The van der Waals surface area contributed by atoms with E-state index >= 15 is 0 Å². The molecule has 4 heteroatoms. The van der Waals surface area contributed by atoms with Crippen LogP contribution in [0.15, 0.2) is 48.5 Å². The molecule has 0 saturated carbocycles. The van der Waals surface area contributed by atoms with Crippen molar-refractivity contribution in [3.63, 3.8) is 0 Å². The van der Waals surface area contributed by atoms with Gasteiger partial charge >= 0.3 is 0 Å². The van der Waals surface area contributed by atoms with E-state index in [1.165, 1.54) is 30.4 Å². The smallest absolute Gasteiger partial charge is 0.123 e. The highest BCUT2D eigenvalue weighted by Gasteiger charge is 2.20. The number of phenols is 1. The molecule has 146 valence electrons. The van der Waals surface area contributed by atoms with E-state index in [4.69, 9.17) is 4.74 Å². The summed E-state index contributed by atoms with van der Waals surface area (Å²) in [5.74, 6) is 1.07. The second kappa shape index (κ2) is 10.3. The first-order valence-corrected chi connectivity index (χ1v) is 10.0. The lowest BCUT2D eigenvalue weighted by Crippen LogP contribution is -2.42. The van der Waals surface area contributed by atoms with Crippen molar-refractivity contribution >= 4 is 0 Å². The summed E-state index contributed by atoms with van der Waals surface area (Å²) in [5.41, 5.74) is 2.59. The number of alkyl halides is 1. The molecule has 27 heavy (non-hydrogen) atoms. The van der Waals surface area contributed by atoms with Gasteiger partial charge in [-0.25, -0.2) is 4.39 Å². The Morgan fingerprint density at radius 1 is 0.889 bits per heavy atom. The first-order chi connectivity index (χ1) is 13.2. The van der Waals surface area contributed by atoms with Gasteiger partial charge in [0.05, 0.1) is 0 Å². The van der Waals surface area contributed by atoms with Crippen LogP contribution in [0.2, 0.25) is 0 Å². The molecule has 1 heterocycles. The molecule has 2 atom stereocenters. The first-order valence-electron chi connectivity index (χ1n) is 10.0. The minimum absolute atomic E-state index is 0.122. The number of hydrogen-bond donors (Lipinski definition) is 2. The lowest BCUT2D eigenvalue weighted by molar-refractivity contribution is 0.273. The molecule has 1 fully saturated rings. The molecule has 1 aliphatic heterocycles. The minimum Gasteiger partial charge on any atom is -0.508 e. The second-order valence-corrected chi connectivity index (χ2v) is 7.42. The Bertz CT molecular complexity index is 672. The van der Waals surface area contributed by atoms with E-state index in [1.54, 1.807) is 12.1 Å². The number of ether oxygens (including phenoxy) is 1. The van der Waals surface area contributed by atoms with Crippen LogP contribution in [0.3, 0.4) is 0 Å². The fraction of sp³-hybridized carbons (Fsp3) is 0.478. The van der Waals surface area contributed by atoms with Gasteiger partial charge in [-0.05, 0) is 73.9 Å². The van der Waals surface area contributed by atoms with Gasteiger partial charge in [0.1, 0.15) is 24.8 Å². The predicted octanol–water partition coefficient (Wildman–Crippen LogP) is 4.82. The number of benzene rings is 2. The second-order valence-electron chi connectivity index (χ2n) is 7.42. The molecule has 0 bridgehead atoms. The highest BCUT2D eigenvalue weighted by atomic mass is 19.1. The van der Waals surface area contributed by atoms with Gasteiger partial charge in [-0.1, -0.05) is 30.7 Å². The van der Waals surface area contributed by atoms with Gasteiger partial charge in [0.2, 0.25) is 0 Å². The fourth-order valence-electron chi connectivity index (χ4n) is 3.82. The Balaban J connectivity index is 1.40. The van der Waals surface area contributed by atoms with Crippen LogP contribution in [0.25, 0.3) is 0 Å². The number of halogens is 1. The molecule has 0 spiro atoms. The van der Waals surface area contributed by atoms with E-state index in [1.807, 2.05) is 24.3 Å². The van der Waals surface area contributed by atoms with Crippen LogP contribution in [0.1, 0.15) is 43.2 Å². The van der Waals surface area contributed by atoms with Crippen molar-refractivity contribution < 1.29 is 14.2 Å². The molecule has 0 amide bonds. The Hall–Kier alpha value is -2.07. The third kappa shape index (κ3) is 6.55. The van der Waals surface area contributed by atoms with Crippen molar-refractivity contribution in [1.82, 2.24) is 5.32 Å². The van der Waals surface area contributed by atoms with Gasteiger partial charge in [0.25, 0.3) is 0 Å². The Kier molecular flexibility index (Phi) is 7.52. The van der Waals surface area contributed by atoms with Gasteiger partial charge in [-0.3, -0.25) is 0 Å². The fourth-order valence-corrected chi connectivity index (χ4v) is 3.82. The number of piperidine rings is 1. The highest BCUT2D eigenvalue weighted by Crippen LogP contribution is 2.21. The van der Waals surface area contributed by atoms with Crippen LogP contribution in [0.5, 0.6) is 11.5 Å². The average molecular weight is 371 g/mol. The van der Waals surface area contributed by atoms with E-state index in [2.05, 4.69) is 17.4 Å². The number of rotatable bonds is 9. The maximum Gasteiger partial charge on any atom is 0.123 e. The molecule has 2 aromatic rings. The quantitative estimate of drug-likeness (QED) is 0.664. The van der Waals surface area contributed by atoms with Crippen molar-refractivity contribution in [2.24, 2.45) is 0 Å². The molecule has 3 rings (SSSR count). The van der Waals surface area contributed by atoms with Gasteiger partial charge in [0, 0.05) is 12.1 Å². The maximum absolute atomic E-state index is 12.1. The summed E-state index contributed by atoms with van der Waals surface area (Å²) in [6, 6.07) is 16.7. The van der Waals surface area contributed by atoms with Crippen molar-refractivity contribution in [2.75, 3.05) is 13.3 Å². The molecule has 0 aromatic heterocycles. The van der Waals surface area contributed by atoms with Gasteiger partial charge < -0.3 is 15.2 Å². The molecule has 1 saturated heterocycles. The summed E-state index contributed by atoms with van der Waals surface area (Å²) in [7, 11) is 0.